The van der Waals surface area contributed by atoms with Gasteiger partial charge in [-0.2, -0.15) is 0 Å². The maximum atomic E-state index is 5.04. The Morgan fingerprint density at radius 1 is 1.33 bits per heavy atom. The van der Waals surface area contributed by atoms with Crippen LogP contribution in [0.15, 0.2) is 0 Å². The first kappa shape index (κ1) is 8.27. The molecule has 0 aromatic rings. The van der Waals surface area contributed by atoms with Gasteiger partial charge in [0.05, 0.1) is 35.3 Å². The lowest BCUT2D eigenvalue weighted by Crippen LogP contribution is -2.30. The molecule has 0 unspecified atom stereocenters. The van der Waals surface area contributed by atoms with E-state index in [1.807, 2.05) is 37.7 Å². The van der Waals surface area contributed by atoms with Crippen LogP contribution in [-0.2, 0) is 4.74 Å². The molecular weight excluding hydrogens is 116 g/mol. The molecule has 0 aromatic carbocycles. The zero-order chi connectivity index (χ0) is 7.44. The monoisotopic (exact) mass is 131 g/mol. The van der Waals surface area contributed by atoms with Gasteiger partial charge in [0.25, 0.3) is 0 Å². The van der Waals surface area contributed by atoms with Gasteiger partial charge in [-0.05, 0) is 0 Å². The molecule has 0 amide bonds. The van der Waals surface area contributed by atoms with E-state index in [4.69, 9.17) is 4.74 Å². The fourth-order valence-electron chi connectivity index (χ4n) is 0.765. The highest BCUT2D eigenvalue weighted by atomic mass is 16.5. The lowest BCUT2D eigenvalue weighted by Gasteiger charge is -2.07. The Labute approximate surface area is 56.5 Å². The first-order valence-corrected chi connectivity index (χ1v) is 2.85. The number of hydrogen-bond donors (Lipinski definition) is 0. The maximum absolute atomic E-state index is 5.04. The molecule has 0 radical (unpaired) electrons. The molecule has 0 bridgehead atoms. The van der Waals surface area contributed by atoms with Gasteiger partial charge in [0.2, 0.25) is 0 Å². The quantitative estimate of drug-likeness (QED) is 0.257. The van der Waals surface area contributed by atoms with Crippen LogP contribution in [0.2, 0.25) is 0 Å². The van der Waals surface area contributed by atoms with E-state index in [1.165, 1.54) is 0 Å². The number of amidine groups is 1. The molecule has 54 valence electrons. The van der Waals surface area contributed by atoms with Crippen molar-refractivity contribution in [1.29, 1.82) is 0 Å². The van der Waals surface area contributed by atoms with Gasteiger partial charge in [-0.1, -0.05) is 0 Å². The highest BCUT2D eigenvalue weighted by Crippen LogP contribution is 1.80. The summed E-state index contributed by atoms with van der Waals surface area (Å²) in [5.74, 6) is 0. The topological polar surface area (TPSA) is 15.5 Å². The fourth-order valence-corrected chi connectivity index (χ4v) is 0.765. The van der Waals surface area contributed by atoms with Gasteiger partial charge in [0, 0.05) is 0 Å². The molecule has 3 nitrogen and oxygen atoms in total. The number of hydrogen-bond acceptors (Lipinski definition) is 1. The lowest BCUT2D eigenvalue weighted by molar-refractivity contribution is -0.480. The summed E-state index contributed by atoms with van der Waals surface area (Å²) in [6, 6.07) is 0.856. The minimum Gasteiger partial charge on any atom is -0.435 e. The Morgan fingerprint density at radius 3 is 1.78 bits per heavy atom. The predicted molar refractivity (Wildman–Crippen MR) is 37.8 cm³/mol. The second-order valence-electron chi connectivity index (χ2n) is 2.28. The zero-order valence-electron chi connectivity index (χ0n) is 6.80. The average Bonchev–Trinajstić information content (AvgIpc) is 1.64. The molecule has 0 saturated carbocycles. The highest BCUT2D eigenvalue weighted by molar-refractivity contribution is 5.67. The number of nitrogens with zero attached hydrogens (tertiary/aromatic N) is 2. The SMILES string of the molecule is COC(N(C)C)=[N+](C)C. The van der Waals surface area contributed by atoms with Crippen LogP contribution in [0.4, 0.5) is 0 Å². The van der Waals surface area contributed by atoms with Gasteiger partial charge >= 0.3 is 6.02 Å². The van der Waals surface area contributed by atoms with Crippen molar-refractivity contribution in [2.45, 2.75) is 0 Å². The van der Waals surface area contributed by atoms with Crippen LogP contribution in [0.5, 0.6) is 0 Å². The molecule has 0 fully saturated rings. The van der Waals surface area contributed by atoms with Crippen LogP contribution < -0.4 is 0 Å². The fraction of sp³-hybridized carbons (Fsp3) is 0.833. The Bertz CT molecular complexity index is 114. The first-order valence-electron chi connectivity index (χ1n) is 2.85. The van der Waals surface area contributed by atoms with E-state index >= 15 is 0 Å². The summed E-state index contributed by atoms with van der Waals surface area (Å²) in [6.45, 7) is 0. The zero-order valence-corrected chi connectivity index (χ0v) is 6.80. The third-order valence-electron chi connectivity index (χ3n) is 0.948. The first-order chi connectivity index (χ1) is 4.09. The van der Waals surface area contributed by atoms with Crippen molar-refractivity contribution >= 4 is 6.02 Å². The Balaban J connectivity index is 4.16. The van der Waals surface area contributed by atoms with Gasteiger partial charge in [0.1, 0.15) is 0 Å². The van der Waals surface area contributed by atoms with E-state index in [1.54, 1.807) is 7.11 Å². The van der Waals surface area contributed by atoms with E-state index in [0.717, 1.165) is 6.02 Å². The second-order valence-corrected chi connectivity index (χ2v) is 2.28. The lowest BCUT2D eigenvalue weighted by atomic mass is 10.8. The molecule has 0 rings (SSSR count). The Kier molecular flexibility index (Phi) is 3.06. The largest absolute Gasteiger partial charge is 0.445 e. The van der Waals surface area contributed by atoms with E-state index in [0.29, 0.717) is 0 Å². The number of rotatable bonds is 0. The predicted octanol–water partition coefficient (Wildman–Crippen LogP) is -0.177. The van der Waals surface area contributed by atoms with Crippen LogP contribution in [-0.4, -0.2) is 50.8 Å². The molecule has 9 heavy (non-hydrogen) atoms. The molecule has 3 heteroatoms. The third kappa shape index (κ3) is 2.35. The number of ether oxygens (including phenoxy) is 1. The van der Waals surface area contributed by atoms with Crippen molar-refractivity contribution in [2.75, 3.05) is 35.3 Å². The molecule has 0 heterocycles. The van der Waals surface area contributed by atoms with Gasteiger partial charge in [-0.15, -0.1) is 0 Å². The second kappa shape index (κ2) is 3.33. The van der Waals surface area contributed by atoms with Gasteiger partial charge < -0.3 is 4.74 Å². The highest BCUT2D eigenvalue weighted by Gasteiger charge is 2.08. The average molecular weight is 131 g/mol. The summed E-state index contributed by atoms with van der Waals surface area (Å²) < 4.78 is 6.96. The molecule has 0 saturated heterocycles. The van der Waals surface area contributed by atoms with E-state index < -0.39 is 0 Å². The molecule has 0 aliphatic heterocycles. The molecule has 0 atom stereocenters. The standard InChI is InChI=1S/C6H15N2O/c1-7(2)6(9-5)8(3)4/h1-5H3/q+1. The van der Waals surface area contributed by atoms with Gasteiger partial charge in [0.15, 0.2) is 0 Å². The van der Waals surface area contributed by atoms with Crippen LogP contribution in [0.3, 0.4) is 0 Å². The van der Waals surface area contributed by atoms with Crippen molar-refractivity contribution in [1.82, 2.24) is 4.90 Å². The van der Waals surface area contributed by atoms with E-state index in [9.17, 15) is 0 Å². The molecule has 0 aliphatic carbocycles. The Morgan fingerprint density at radius 2 is 1.78 bits per heavy atom. The number of methoxy groups -OCH3 is 1. The summed E-state index contributed by atoms with van der Waals surface area (Å²) in [4.78, 5) is 1.92. The van der Waals surface area contributed by atoms with Crippen LogP contribution >= 0.6 is 0 Å². The van der Waals surface area contributed by atoms with Crippen molar-refractivity contribution in [3.8, 4) is 0 Å². The summed E-state index contributed by atoms with van der Waals surface area (Å²) in [6.07, 6.45) is 0. The Hall–Kier alpha value is -0.730. The van der Waals surface area contributed by atoms with Gasteiger partial charge in [-0.25, -0.2) is 9.48 Å². The molecular formula is C6H15N2O+. The van der Waals surface area contributed by atoms with Crippen molar-refractivity contribution < 1.29 is 9.31 Å². The van der Waals surface area contributed by atoms with Crippen molar-refractivity contribution in [3.05, 3.63) is 0 Å². The van der Waals surface area contributed by atoms with Crippen LogP contribution in [0.25, 0.3) is 0 Å². The molecule has 0 aromatic heterocycles. The summed E-state index contributed by atoms with van der Waals surface area (Å²) in [7, 11) is 9.44. The molecule has 0 spiro atoms. The third-order valence-corrected chi connectivity index (χ3v) is 0.948. The van der Waals surface area contributed by atoms with Crippen LogP contribution in [0, 0.1) is 0 Å². The summed E-state index contributed by atoms with van der Waals surface area (Å²) in [5.41, 5.74) is 0. The summed E-state index contributed by atoms with van der Waals surface area (Å²) >= 11 is 0. The smallest absolute Gasteiger partial charge is 0.435 e. The van der Waals surface area contributed by atoms with Gasteiger partial charge in [-0.3, -0.25) is 0 Å². The minimum absolute atomic E-state index is 0.856. The van der Waals surface area contributed by atoms with Crippen molar-refractivity contribution in [2.24, 2.45) is 0 Å². The minimum atomic E-state index is 0.856. The maximum Gasteiger partial charge on any atom is 0.445 e. The van der Waals surface area contributed by atoms with Crippen LogP contribution in [0.1, 0.15) is 0 Å². The van der Waals surface area contributed by atoms with Crippen molar-refractivity contribution in [3.63, 3.8) is 0 Å². The molecule has 0 N–H and O–H groups in total. The van der Waals surface area contributed by atoms with E-state index in [2.05, 4.69) is 0 Å². The normalized spacial score (nSPS) is 8.56. The van der Waals surface area contributed by atoms with E-state index in [-0.39, 0.29) is 0 Å². The summed E-state index contributed by atoms with van der Waals surface area (Å²) in [5, 5.41) is 0. The molecule has 0 aliphatic rings.